The molecule has 1 N–H and O–H groups in total. The van der Waals surface area contributed by atoms with Crippen LogP contribution in [0.1, 0.15) is 61.7 Å². The smallest absolute Gasteiger partial charge is 0.216 e. The lowest BCUT2D eigenvalue weighted by atomic mass is 9.89. The quantitative estimate of drug-likeness (QED) is 0.794. The zero-order chi connectivity index (χ0) is 18.4. The summed E-state index contributed by atoms with van der Waals surface area (Å²) in [6, 6.07) is 5.64. The van der Waals surface area contributed by atoms with Gasteiger partial charge in [0.15, 0.2) is 17.3 Å². The van der Waals surface area contributed by atoms with E-state index in [0.717, 1.165) is 16.5 Å². The molecule has 1 aromatic heterocycles. The van der Waals surface area contributed by atoms with Crippen molar-refractivity contribution in [1.29, 1.82) is 0 Å². The van der Waals surface area contributed by atoms with E-state index in [1.807, 2.05) is 19.1 Å². The molecule has 0 saturated heterocycles. The molecule has 1 aromatic carbocycles. The van der Waals surface area contributed by atoms with Crippen molar-refractivity contribution in [3.05, 3.63) is 40.0 Å². The molecule has 6 nitrogen and oxygen atoms in total. The van der Waals surface area contributed by atoms with Gasteiger partial charge in [0, 0.05) is 11.3 Å². The fourth-order valence-corrected chi connectivity index (χ4v) is 6.27. The monoisotopic (exact) mass is 402 g/mol. The number of aromatic nitrogens is 3. The number of aromatic hydroxyl groups is 1. The van der Waals surface area contributed by atoms with Crippen LogP contribution in [0.25, 0.3) is 0 Å². The predicted octanol–water partition coefficient (Wildman–Crippen LogP) is 4.72. The van der Waals surface area contributed by atoms with Crippen LogP contribution >= 0.6 is 23.5 Å². The third-order valence-corrected chi connectivity index (χ3v) is 7.52. The maximum atomic E-state index is 10.0. The molecule has 2 aliphatic heterocycles. The van der Waals surface area contributed by atoms with Crippen LogP contribution < -0.4 is 9.75 Å². The van der Waals surface area contributed by atoms with Crippen molar-refractivity contribution in [3.63, 3.8) is 0 Å². The molecule has 0 bridgehead atoms. The van der Waals surface area contributed by atoms with Gasteiger partial charge in [0.05, 0.1) is 6.61 Å². The molecular formula is C19H22N4O2S2. The van der Waals surface area contributed by atoms with Crippen molar-refractivity contribution in [2.45, 2.75) is 55.5 Å². The van der Waals surface area contributed by atoms with Crippen LogP contribution in [-0.2, 0) is 0 Å². The van der Waals surface area contributed by atoms with Gasteiger partial charge in [-0.15, -0.1) is 10.2 Å². The third-order valence-electron chi connectivity index (χ3n) is 5.33. The van der Waals surface area contributed by atoms with Crippen molar-refractivity contribution in [2.24, 2.45) is 0 Å². The van der Waals surface area contributed by atoms with Crippen molar-refractivity contribution < 1.29 is 9.84 Å². The number of fused-ring (bicyclic) bond motifs is 3. The summed E-state index contributed by atoms with van der Waals surface area (Å²) in [6.07, 6.45) is 6.27. The molecule has 1 unspecified atom stereocenters. The van der Waals surface area contributed by atoms with Gasteiger partial charge in [-0.1, -0.05) is 37.1 Å². The molecule has 3 aliphatic rings. The zero-order valence-corrected chi connectivity index (χ0v) is 16.8. The van der Waals surface area contributed by atoms with E-state index < -0.39 is 0 Å². The summed E-state index contributed by atoms with van der Waals surface area (Å²) in [5, 5.41) is 25.8. The number of ether oxygens (including phenoxy) is 1. The Balaban J connectivity index is 1.50. The van der Waals surface area contributed by atoms with Gasteiger partial charge < -0.3 is 9.84 Å². The Labute approximate surface area is 167 Å². The minimum absolute atomic E-state index is 0.0897. The molecule has 3 heterocycles. The Morgan fingerprint density at radius 1 is 1.22 bits per heavy atom. The first kappa shape index (κ1) is 17.3. The van der Waals surface area contributed by atoms with E-state index in [9.17, 15) is 5.11 Å². The number of benzene rings is 1. The molecule has 1 fully saturated rings. The van der Waals surface area contributed by atoms with Crippen LogP contribution in [0.3, 0.4) is 0 Å². The highest BCUT2D eigenvalue weighted by Crippen LogP contribution is 2.52. The van der Waals surface area contributed by atoms with Crippen LogP contribution in [0.4, 0.5) is 0 Å². The van der Waals surface area contributed by atoms with E-state index >= 15 is 0 Å². The van der Waals surface area contributed by atoms with E-state index in [1.54, 1.807) is 29.6 Å². The summed E-state index contributed by atoms with van der Waals surface area (Å²) >= 11 is 3.45. The first-order valence-corrected chi connectivity index (χ1v) is 11.3. The average molecular weight is 403 g/mol. The average Bonchev–Trinajstić information content (AvgIpc) is 3.36. The lowest BCUT2D eigenvalue weighted by Crippen LogP contribution is -2.31. The van der Waals surface area contributed by atoms with Gasteiger partial charge in [-0.3, -0.25) is 5.01 Å². The van der Waals surface area contributed by atoms with Crippen LogP contribution in [0.5, 0.6) is 11.5 Å². The fourth-order valence-electron chi connectivity index (χ4n) is 4.05. The predicted molar refractivity (Wildman–Crippen MR) is 108 cm³/mol. The number of thioether (sulfide) groups is 2. The van der Waals surface area contributed by atoms with Gasteiger partial charge in [-0.25, -0.2) is 4.68 Å². The first-order chi connectivity index (χ1) is 13.3. The standard InChI is InChI=1S/C19H22N4O2S2/c1-2-25-15-10-13(8-9-14(15)24)18-22-16(11-26-18)27-19-21-20-17(23(19)22)12-6-4-3-5-7-12/h8-12,18,24H,2-7H2,1H3. The van der Waals surface area contributed by atoms with Crippen molar-refractivity contribution in [3.8, 4) is 11.5 Å². The zero-order valence-electron chi connectivity index (χ0n) is 15.2. The number of hydrogen-bond donors (Lipinski definition) is 1. The first-order valence-electron chi connectivity index (χ1n) is 9.50. The number of nitrogens with zero attached hydrogens (tertiary/aromatic N) is 4. The molecule has 8 heteroatoms. The van der Waals surface area contributed by atoms with Gasteiger partial charge in [-0.2, -0.15) is 0 Å². The molecular weight excluding hydrogens is 380 g/mol. The fraction of sp³-hybridized carbons (Fsp3) is 0.474. The van der Waals surface area contributed by atoms with Crippen molar-refractivity contribution in [1.82, 2.24) is 14.9 Å². The minimum Gasteiger partial charge on any atom is -0.504 e. The second-order valence-electron chi connectivity index (χ2n) is 7.04. The summed E-state index contributed by atoms with van der Waals surface area (Å²) in [5.74, 6) is 2.30. The Hall–Kier alpha value is -1.80. The number of phenols is 1. The second kappa shape index (κ2) is 6.98. The molecule has 1 saturated carbocycles. The van der Waals surface area contributed by atoms with E-state index in [4.69, 9.17) is 4.74 Å². The van der Waals surface area contributed by atoms with Crippen LogP contribution in [-0.4, -0.2) is 26.6 Å². The summed E-state index contributed by atoms with van der Waals surface area (Å²) in [7, 11) is 0. The van der Waals surface area contributed by atoms with E-state index in [-0.39, 0.29) is 11.1 Å². The van der Waals surface area contributed by atoms with Crippen molar-refractivity contribution in [2.75, 3.05) is 11.6 Å². The van der Waals surface area contributed by atoms with Gasteiger partial charge in [0.25, 0.3) is 0 Å². The second-order valence-corrected chi connectivity index (χ2v) is 8.98. The van der Waals surface area contributed by atoms with Crippen LogP contribution in [0.15, 0.2) is 33.8 Å². The SMILES string of the molecule is CCOc1cc(C2SC=C3Sc4nnc(C5CCCCC5)n4N32)ccc1O. The van der Waals surface area contributed by atoms with Crippen molar-refractivity contribution >= 4 is 23.5 Å². The number of phenolic OH excluding ortho intramolecular Hbond substituents is 1. The summed E-state index contributed by atoms with van der Waals surface area (Å²) < 4.78 is 7.82. The largest absolute Gasteiger partial charge is 0.504 e. The van der Waals surface area contributed by atoms with Gasteiger partial charge >= 0.3 is 0 Å². The molecule has 5 rings (SSSR count). The third kappa shape index (κ3) is 2.89. The van der Waals surface area contributed by atoms with Gasteiger partial charge in [-0.05, 0) is 49.2 Å². The molecule has 2 aromatic rings. The molecule has 27 heavy (non-hydrogen) atoms. The lowest BCUT2D eigenvalue weighted by molar-refractivity contribution is 0.317. The Kier molecular flexibility index (Phi) is 4.47. The molecule has 1 aliphatic carbocycles. The maximum Gasteiger partial charge on any atom is 0.216 e. The molecule has 142 valence electrons. The Morgan fingerprint density at radius 2 is 2.07 bits per heavy atom. The number of rotatable bonds is 4. The van der Waals surface area contributed by atoms with Gasteiger partial charge in [0.2, 0.25) is 5.16 Å². The summed E-state index contributed by atoms with van der Waals surface area (Å²) in [6.45, 7) is 2.45. The molecule has 1 atom stereocenters. The number of hydrogen-bond acceptors (Lipinski definition) is 7. The Bertz CT molecular complexity index is 892. The highest BCUT2D eigenvalue weighted by molar-refractivity contribution is 8.07. The highest BCUT2D eigenvalue weighted by atomic mass is 32.2. The van der Waals surface area contributed by atoms with Gasteiger partial charge in [0.1, 0.15) is 10.4 Å². The minimum atomic E-state index is 0.0897. The van der Waals surface area contributed by atoms with E-state index in [1.165, 1.54) is 37.1 Å². The van der Waals surface area contributed by atoms with E-state index in [2.05, 4.69) is 25.3 Å². The molecule has 0 amide bonds. The Morgan fingerprint density at radius 3 is 2.89 bits per heavy atom. The maximum absolute atomic E-state index is 10.0. The topological polar surface area (TPSA) is 63.4 Å². The summed E-state index contributed by atoms with van der Waals surface area (Å²) in [5.41, 5.74) is 1.10. The molecule has 0 radical (unpaired) electrons. The van der Waals surface area contributed by atoms with Crippen LogP contribution in [0, 0.1) is 0 Å². The summed E-state index contributed by atoms with van der Waals surface area (Å²) in [4.78, 5) is 0. The lowest BCUT2D eigenvalue weighted by Gasteiger charge is -2.29. The van der Waals surface area contributed by atoms with E-state index in [0.29, 0.717) is 18.3 Å². The van der Waals surface area contributed by atoms with Crippen LogP contribution in [0.2, 0.25) is 0 Å². The normalized spacial score (nSPS) is 21.9. The molecule has 0 spiro atoms. The highest BCUT2D eigenvalue weighted by Gasteiger charge is 2.41.